The normalized spacial score (nSPS) is 26.3. The highest BCUT2D eigenvalue weighted by molar-refractivity contribution is 6.14. The first kappa shape index (κ1) is 16.8. The van der Waals surface area contributed by atoms with Crippen LogP contribution in [-0.2, 0) is 5.41 Å². The molecule has 0 N–H and O–H groups in total. The molecule has 0 amide bonds. The molecule has 3 saturated carbocycles. The minimum Gasteiger partial charge on any atom is -0.300 e. The molecule has 1 atom stereocenters. The van der Waals surface area contributed by atoms with E-state index in [-0.39, 0.29) is 11.8 Å². The molecule has 7 rings (SSSR count). The molecule has 0 radical (unpaired) electrons. The lowest BCUT2D eigenvalue weighted by Gasteiger charge is -2.62. The van der Waals surface area contributed by atoms with Gasteiger partial charge in [0.15, 0.2) is 5.78 Å². The van der Waals surface area contributed by atoms with Crippen LogP contribution in [0.4, 0.5) is 0 Å². The van der Waals surface area contributed by atoms with Gasteiger partial charge in [0.25, 0.3) is 0 Å². The maximum absolute atomic E-state index is 12.2. The standard InChI is InChI=1S/C24H22N4O/c1-14-23-21(15(2)29)26-13-28(23)20-7-6-17(24-10-16(11-24)12-24)9-18(20)22(27-14)19-5-3-4-8-25-19/h3-9,13-14,16H,10-12H2,1-2H3/t14-,16?,24?/m0/s1. The third-order valence-electron chi connectivity index (χ3n) is 6.93. The second-order valence-electron chi connectivity index (χ2n) is 8.76. The maximum Gasteiger partial charge on any atom is 0.180 e. The number of carbonyl (C=O) groups excluding carboxylic acids is 1. The van der Waals surface area contributed by atoms with E-state index < -0.39 is 0 Å². The number of hydrogen-bond acceptors (Lipinski definition) is 4. The smallest absolute Gasteiger partial charge is 0.180 e. The molecule has 1 aromatic carbocycles. The van der Waals surface area contributed by atoms with Crippen molar-refractivity contribution in [3.8, 4) is 5.69 Å². The summed E-state index contributed by atoms with van der Waals surface area (Å²) in [6.45, 7) is 3.59. The van der Waals surface area contributed by atoms with Gasteiger partial charge in [-0.05, 0) is 67.3 Å². The number of aromatic nitrogens is 3. The molecule has 5 nitrogen and oxygen atoms in total. The number of imidazole rings is 1. The van der Waals surface area contributed by atoms with Crippen molar-refractivity contribution in [1.29, 1.82) is 0 Å². The van der Waals surface area contributed by atoms with Crippen molar-refractivity contribution >= 4 is 11.5 Å². The lowest BCUT2D eigenvalue weighted by Crippen LogP contribution is -2.55. The third-order valence-corrected chi connectivity index (χ3v) is 6.93. The molecular formula is C24H22N4O. The van der Waals surface area contributed by atoms with Crippen LogP contribution in [0.15, 0.2) is 53.9 Å². The van der Waals surface area contributed by atoms with Crippen LogP contribution in [0, 0.1) is 5.92 Å². The van der Waals surface area contributed by atoms with Crippen molar-refractivity contribution in [1.82, 2.24) is 14.5 Å². The van der Waals surface area contributed by atoms with E-state index in [4.69, 9.17) is 4.99 Å². The molecule has 3 aliphatic carbocycles. The number of benzene rings is 1. The van der Waals surface area contributed by atoms with Gasteiger partial charge in [-0.15, -0.1) is 0 Å². The Bertz CT molecular complexity index is 1170. The number of pyridine rings is 1. The van der Waals surface area contributed by atoms with Crippen LogP contribution in [0.25, 0.3) is 5.69 Å². The summed E-state index contributed by atoms with van der Waals surface area (Å²) in [6, 6.07) is 12.5. The summed E-state index contributed by atoms with van der Waals surface area (Å²) in [4.78, 5) is 26.3. The van der Waals surface area contributed by atoms with Crippen molar-refractivity contribution in [3.63, 3.8) is 0 Å². The maximum atomic E-state index is 12.2. The van der Waals surface area contributed by atoms with Crippen molar-refractivity contribution < 1.29 is 4.79 Å². The van der Waals surface area contributed by atoms with Crippen LogP contribution >= 0.6 is 0 Å². The Morgan fingerprint density at radius 3 is 2.62 bits per heavy atom. The minimum absolute atomic E-state index is 0.0332. The van der Waals surface area contributed by atoms with E-state index in [1.54, 1.807) is 19.4 Å². The Morgan fingerprint density at radius 1 is 1.14 bits per heavy atom. The molecular weight excluding hydrogens is 360 g/mol. The average Bonchev–Trinajstić information content (AvgIpc) is 3.05. The summed E-state index contributed by atoms with van der Waals surface area (Å²) in [6.07, 6.45) is 7.50. The predicted molar refractivity (Wildman–Crippen MR) is 111 cm³/mol. The van der Waals surface area contributed by atoms with Gasteiger partial charge in [-0.1, -0.05) is 12.1 Å². The summed E-state index contributed by atoms with van der Waals surface area (Å²) < 4.78 is 2.04. The van der Waals surface area contributed by atoms with Gasteiger partial charge in [-0.25, -0.2) is 4.98 Å². The number of ketones is 1. The second-order valence-corrected chi connectivity index (χ2v) is 8.76. The Kier molecular flexibility index (Phi) is 3.32. The predicted octanol–water partition coefficient (Wildman–Crippen LogP) is 4.43. The molecule has 3 heterocycles. The molecule has 2 aromatic heterocycles. The van der Waals surface area contributed by atoms with Crippen LogP contribution in [0.1, 0.15) is 72.2 Å². The molecule has 3 fully saturated rings. The van der Waals surface area contributed by atoms with E-state index in [1.807, 2.05) is 29.7 Å². The van der Waals surface area contributed by atoms with E-state index in [1.165, 1.54) is 24.8 Å². The van der Waals surface area contributed by atoms with Crippen molar-refractivity contribution in [3.05, 3.63) is 77.1 Å². The molecule has 4 aliphatic rings. The van der Waals surface area contributed by atoms with Crippen LogP contribution in [-0.4, -0.2) is 26.0 Å². The van der Waals surface area contributed by atoms with Crippen molar-refractivity contribution in [2.45, 2.75) is 44.6 Å². The molecule has 5 heteroatoms. The average molecular weight is 382 g/mol. The summed E-state index contributed by atoms with van der Waals surface area (Å²) in [5.74, 6) is 0.894. The highest BCUT2D eigenvalue weighted by Crippen LogP contribution is 2.65. The fourth-order valence-electron chi connectivity index (χ4n) is 5.35. The monoisotopic (exact) mass is 382 g/mol. The van der Waals surface area contributed by atoms with Gasteiger partial charge in [0.2, 0.25) is 0 Å². The van der Waals surface area contributed by atoms with Crippen LogP contribution in [0.5, 0.6) is 0 Å². The zero-order chi connectivity index (χ0) is 19.8. The van der Waals surface area contributed by atoms with Gasteiger partial charge >= 0.3 is 0 Å². The summed E-state index contributed by atoms with van der Waals surface area (Å²) in [5.41, 5.74) is 6.97. The molecule has 0 spiro atoms. The quantitative estimate of drug-likeness (QED) is 0.630. The number of rotatable bonds is 3. The van der Waals surface area contributed by atoms with Crippen LogP contribution in [0.3, 0.4) is 0 Å². The SMILES string of the molecule is CC(=O)c1ncn2c1[C@H](C)N=C(c1ccccn1)c1cc(C34CC(C3)C4)ccc1-2. The molecule has 29 heavy (non-hydrogen) atoms. The molecule has 1 aliphatic heterocycles. The zero-order valence-corrected chi connectivity index (χ0v) is 16.6. The topological polar surface area (TPSA) is 60.1 Å². The Balaban J connectivity index is 1.61. The van der Waals surface area contributed by atoms with Crippen LogP contribution < -0.4 is 0 Å². The highest BCUT2D eigenvalue weighted by atomic mass is 16.1. The number of carbonyl (C=O) groups is 1. The lowest BCUT2D eigenvalue weighted by atomic mass is 9.42. The van der Waals surface area contributed by atoms with E-state index in [2.05, 4.69) is 28.2 Å². The Labute approximate surface area is 169 Å². The fourth-order valence-corrected chi connectivity index (χ4v) is 5.35. The molecule has 2 bridgehead atoms. The number of nitrogens with zero attached hydrogens (tertiary/aromatic N) is 4. The lowest BCUT2D eigenvalue weighted by molar-refractivity contribution is -0.0274. The molecule has 144 valence electrons. The number of fused-ring (bicyclic) bond motifs is 3. The molecule has 0 unspecified atom stereocenters. The Hall–Kier alpha value is -3.08. The first-order valence-corrected chi connectivity index (χ1v) is 10.3. The minimum atomic E-state index is -0.195. The largest absolute Gasteiger partial charge is 0.300 e. The van der Waals surface area contributed by atoms with Crippen LogP contribution in [0.2, 0.25) is 0 Å². The van der Waals surface area contributed by atoms with E-state index >= 15 is 0 Å². The number of aliphatic imine (C=N–C) groups is 1. The van der Waals surface area contributed by atoms with Gasteiger partial charge in [0.1, 0.15) is 12.0 Å². The number of hydrogen-bond donors (Lipinski definition) is 0. The summed E-state index contributed by atoms with van der Waals surface area (Å²) in [5, 5.41) is 0. The van der Waals surface area contributed by atoms with Gasteiger partial charge < -0.3 is 0 Å². The summed E-state index contributed by atoms with van der Waals surface area (Å²) in [7, 11) is 0. The zero-order valence-electron chi connectivity index (χ0n) is 16.6. The van der Waals surface area contributed by atoms with E-state index in [0.717, 1.165) is 34.3 Å². The van der Waals surface area contributed by atoms with Gasteiger partial charge in [0, 0.05) is 18.7 Å². The first-order valence-electron chi connectivity index (χ1n) is 10.3. The van der Waals surface area contributed by atoms with Crippen molar-refractivity contribution in [2.75, 3.05) is 0 Å². The molecule has 0 saturated heterocycles. The second kappa shape index (κ2) is 5.72. The van der Waals surface area contributed by atoms with Crippen molar-refractivity contribution in [2.24, 2.45) is 10.9 Å². The van der Waals surface area contributed by atoms with E-state index in [9.17, 15) is 4.79 Å². The van der Waals surface area contributed by atoms with Gasteiger partial charge in [-0.2, -0.15) is 0 Å². The summed E-state index contributed by atoms with van der Waals surface area (Å²) >= 11 is 0. The Morgan fingerprint density at radius 2 is 1.97 bits per heavy atom. The highest BCUT2D eigenvalue weighted by Gasteiger charge is 2.57. The fraction of sp³-hybridized carbons (Fsp3) is 0.333. The molecule has 3 aromatic rings. The third kappa shape index (κ3) is 2.27. The van der Waals surface area contributed by atoms with Gasteiger partial charge in [-0.3, -0.25) is 19.3 Å². The van der Waals surface area contributed by atoms with Gasteiger partial charge in [0.05, 0.1) is 28.8 Å². The number of Topliss-reactive ketones (excluding diaryl/α,β-unsaturated/α-hetero) is 1. The van der Waals surface area contributed by atoms with E-state index in [0.29, 0.717) is 11.1 Å². The first-order chi connectivity index (χ1) is 14.1.